The SMILES string of the molecule is [2H]C1([2H])[C@@H](C(F)(F)F)NC(=O)N1[C@@H](c1ccc2c(c1)nc([C@H](CC(C)(C)C(F)(F)F)N[S+]([O-])C(C)(C)C)n2COCC[Si](C)(C)C)C1CC1. The number of nitrogens with one attached hydrogen (secondary N) is 2. The highest BCUT2D eigenvalue weighted by Gasteiger charge is 2.52. The molecule has 1 saturated heterocycles. The van der Waals surface area contributed by atoms with E-state index in [-0.39, 0.29) is 24.0 Å². The minimum atomic E-state index is -5.03. The van der Waals surface area contributed by atoms with Gasteiger partial charge in [-0.05, 0) is 69.7 Å². The molecule has 2 aliphatic rings. The second-order valence-electron chi connectivity index (χ2n) is 15.3. The predicted octanol–water partition coefficient (Wildman–Crippen LogP) is 7.83. The zero-order chi connectivity index (χ0) is 37.1. The number of hydrogen-bond donors (Lipinski definition) is 2. The third-order valence-electron chi connectivity index (χ3n) is 8.39. The maximum absolute atomic E-state index is 14.2. The van der Waals surface area contributed by atoms with Crippen LogP contribution in [0.5, 0.6) is 0 Å². The second kappa shape index (κ2) is 13.4. The average molecular weight is 714 g/mol. The zero-order valence-corrected chi connectivity index (χ0v) is 29.8. The molecule has 4 atom stereocenters. The summed E-state index contributed by atoms with van der Waals surface area (Å²) < 4.78 is 124. The van der Waals surface area contributed by atoms with Crippen molar-refractivity contribution in [3.8, 4) is 0 Å². The molecule has 0 radical (unpaired) electrons. The number of hydrogen-bond acceptors (Lipinski definition) is 5. The van der Waals surface area contributed by atoms with E-state index in [9.17, 15) is 35.7 Å². The summed E-state index contributed by atoms with van der Waals surface area (Å²) in [6, 6.07) is -0.600. The predicted molar refractivity (Wildman–Crippen MR) is 173 cm³/mol. The van der Waals surface area contributed by atoms with Gasteiger partial charge in [-0.15, -0.1) is 4.72 Å². The van der Waals surface area contributed by atoms with E-state index in [0.29, 0.717) is 35.4 Å². The van der Waals surface area contributed by atoms with E-state index < -0.39 is 79.0 Å². The van der Waals surface area contributed by atoms with Gasteiger partial charge in [0.05, 0.1) is 31.7 Å². The van der Waals surface area contributed by atoms with Crippen LogP contribution in [0.3, 0.4) is 0 Å². The summed E-state index contributed by atoms with van der Waals surface area (Å²) >= 11 is -1.80. The molecule has 1 unspecified atom stereocenters. The summed E-state index contributed by atoms with van der Waals surface area (Å²) in [6.45, 7) is 10.9. The maximum atomic E-state index is 14.2. The van der Waals surface area contributed by atoms with Crippen molar-refractivity contribution in [2.45, 2.75) is 122 Å². The lowest BCUT2D eigenvalue weighted by Crippen LogP contribution is -2.45. The van der Waals surface area contributed by atoms with Gasteiger partial charge in [0.2, 0.25) is 0 Å². The highest BCUT2D eigenvalue weighted by molar-refractivity contribution is 7.90. The van der Waals surface area contributed by atoms with Crippen molar-refractivity contribution in [3.05, 3.63) is 29.6 Å². The molecule has 1 saturated carbocycles. The number of carbonyl (C=O) groups is 1. The highest BCUT2D eigenvalue weighted by Crippen LogP contribution is 2.47. The average Bonchev–Trinajstić information content (AvgIpc) is 3.64. The number of amides is 2. The topological polar surface area (TPSA) is 94.5 Å². The Morgan fingerprint density at radius 2 is 1.79 bits per heavy atom. The van der Waals surface area contributed by atoms with Gasteiger partial charge in [0.15, 0.2) is 0 Å². The molecule has 266 valence electrons. The van der Waals surface area contributed by atoms with Crippen LogP contribution in [0.15, 0.2) is 18.2 Å². The molecule has 0 spiro atoms. The highest BCUT2D eigenvalue weighted by atomic mass is 32.2. The molecule has 2 aromatic rings. The van der Waals surface area contributed by atoms with Crippen molar-refractivity contribution in [2.24, 2.45) is 11.3 Å². The van der Waals surface area contributed by atoms with Crippen LogP contribution in [-0.2, 0) is 22.8 Å². The largest absolute Gasteiger partial charge is 0.598 e. The number of imidazole rings is 1. The van der Waals surface area contributed by atoms with E-state index in [1.807, 2.05) is 0 Å². The summed E-state index contributed by atoms with van der Waals surface area (Å²) in [5.74, 6) is -0.183. The zero-order valence-electron chi connectivity index (χ0n) is 30.0. The fourth-order valence-electron chi connectivity index (χ4n) is 5.23. The van der Waals surface area contributed by atoms with Crippen molar-refractivity contribution in [1.82, 2.24) is 24.5 Å². The number of rotatable bonds is 13. The number of alkyl halides is 6. The van der Waals surface area contributed by atoms with Gasteiger partial charge in [-0.1, -0.05) is 39.6 Å². The molecule has 16 heteroatoms. The number of halogens is 6. The molecule has 0 bridgehead atoms. The van der Waals surface area contributed by atoms with Gasteiger partial charge in [0, 0.05) is 26.0 Å². The number of nitrogens with zero attached hydrogens (tertiary/aromatic N) is 3. The first-order chi connectivity index (χ1) is 22.1. The number of fused-ring (bicyclic) bond motifs is 1. The van der Waals surface area contributed by atoms with Gasteiger partial charge in [-0.3, -0.25) is 0 Å². The number of carbonyl (C=O) groups excluding carboxylic acids is 1. The van der Waals surface area contributed by atoms with E-state index >= 15 is 0 Å². The van der Waals surface area contributed by atoms with Crippen LogP contribution >= 0.6 is 0 Å². The molecule has 47 heavy (non-hydrogen) atoms. The van der Waals surface area contributed by atoms with Gasteiger partial charge in [0.1, 0.15) is 29.4 Å². The lowest BCUT2D eigenvalue weighted by atomic mass is 9.85. The van der Waals surface area contributed by atoms with E-state index in [1.54, 1.807) is 42.8 Å². The van der Waals surface area contributed by atoms with Crippen LogP contribution < -0.4 is 10.0 Å². The third-order valence-corrected chi connectivity index (χ3v) is 11.7. The molecular formula is C31H47F6N5O3SSi. The van der Waals surface area contributed by atoms with Crippen molar-refractivity contribution >= 4 is 36.5 Å². The summed E-state index contributed by atoms with van der Waals surface area (Å²) in [7, 11) is -1.50. The van der Waals surface area contributed by atoms with Crippen molar-refractivity contribution in [3.63, 3.8) is 0 Å². The molecule has 1 aromatic carbocycles. The molecule has 2 amide bonds. The second-order valence-corrected chi connectivity index (χ2v) is 23.0. The summed E-state index contributed by atoms with van der Waals surface area (Å²) in [4.78, 5) is 18.3. The fraction of sp³-hybridized carbons (Fsp3) is 0.742. The molecular weight excluding hydrogens is 665 g/mol. The Morgan fingerprint density at radius 3 is 2.30 bits per heavy atom. The molecule has 1 aliphatic heterocycles. The summed E-state index contributed by atoms with van der Waals surface area (Å²) in [5.41, 5.74) is -1.18. The van der Waals surface area contributed by atoms with Crippen LogP contribution in [0.25, 0.3) is 11.0 Å². The molecule has 1 aromatic heterocycles. The first-order valence-electron chi connectivity index (χ1n) is 16.6. The van der Waals surface area contributed by atoms with Crippen molar-refractivity contribution < 1.29 is 43.2 Å². The van der Waals surface area contributed by atoms with Crippen molar-refractivity contribution in [1.29, 1.82) is 0 Å². The van der Waals surface area contributed by atoms with E-state index in [2.05, 4.69) is 24.4 Å². The fourth-order valence-corrected chi connectivity index (χ4v) is 6.79. The molecule has 2 N–H and O–H groups in total. The first-order valence-corrected chi connectivity index (χ1v) is 20.5. The lowest BCUT2D eigenvalue weighted by molar-refractivity contribution is -0.215. The van der Waals surface area contributed by atoms with Crippen molar-refractivity contribution in [2.75, 3.05) is 13.1 Å². The molecule has 8 nitrogen and oxygen atoms in total. The minimum absolute atomic E-state index is 0.0845. The Balaban J connectivity index is 1.84. The Kier molecular flexibility index (Phi) is 9.91. The van der Waals surface area contributed by atoms with Gasteiger partial charge >= 0.3 is 18.4 Å². The quantitative estimate of drug-likeness (QED) is 0.0956. The first kappa shape index (κ1) is 34.8. The normalized spacial score (nSPS) is 22.2. The van der Waals surface area contributed by atoms with Gasteiger partial charge in [-0.25, -0.2) is 9.78 Å². The van der Waals surface area contributed by atoms with E-state index in [0.717, 1.165) is 19.9 Å². The smallest absolute Gasteiger partial charge is 0.410 e. The molecule has 2 heterocycles. The lowest BCUT2D eigenvalue weighted by Gasteiger charge is -2.34. The minimum Gasteiger partial charge on any atom is -0.598 e. The number of urea groups is 1. The van der Waals surface area contributed by atoms with E-state index in [1.165, 1.54) is 6.07 Å². The summed E-state index contributed by atoms with van der Waals surface area (Å²) in [6.07, 6.45) is -9.05. The monoisotopic (exact) mass is 713 g/mol. The number of benzene rings is 1. The molecule has 4 rings (SSSR count). The third kappa shape index (κ3) is 9.16. The van der Waals surface area contributed by atoms with E-state index in [4.69, 9.17) is 12.5 Å². The molecule has 2 fully saturated rings. The number of ether oxygens (including phenoxy) is 1. The van der Waals surface area contributed by atoms with Gasteiger partial charge in [0.25, 0.3) is 0 Å². The van der Waals surface area contributed by atoms with Crippen LogP contribution in [0.4, 0.5) is 31.1 Å². The van der Waals surface area contributed by atoms with Gasteiger partial charge < -0.3 is 24.1 Å². The Morgan fingerprint density at radius 1 is 1.15 bits per heavy atom. The van der Waals surface area contributed by atoms with Crippen LogP contribution in [0.2, 0.25) is 25.7 Å². The maximum Gasteiger partial charge on any atom is 0.410 e. The Labute approximate surface area is 279 Å². The Hall–Kier alpha value is -2.01. The van der Waals surface area contributed by atoms with Crippen LogP contribution in [0.1, 0.15) is 80.1 Å². The molecule has 1 aliphatic carbocycles. The van der Waals surface area contributed by atoms with Crippen LogP contribution in [-0.4, -0.2) is 69.4 Å². The standard InChI is InChI=1S/C31H47F6N5O3SSi/c1-28(2,3)46(44)40-22(16-29(4,5)31(35,36)37)26-38-21-15-20(11-12-23(21)42(26)18-45-13-14-47(6,7)8)25(19-9-10-19)41-17-24(30(32,33)34)39-27(41)43/h11-12,15,19,22,24-25,40H,9-10,13-14,16-18H2,1-8H3,(H,39,43)/t22-,24-,25+,46?/m0/s1/i17D2. The van der Waals surface area contributed by atoms with Gasteiger partial charge in [-0.2, -0.15) is 26.3 Å². The number of aromatic nitrogens is 2. The van der Waals surface area contributed by atoms with Crippen LogP contribution in [0, 0.1) is 11.3 Å². The summed E-state index contributed by atoms with van der Waals surface area (Å²) in [5, 5.41) is 1.76. The Bertz CT molecular complexity index is 1510.